The number of allylic oxidation sites excluding steroid dienone is 4. The fourth-order valence-electron chi connectivity index (χ4n) is 0.759. The zero-order chi connectivity index (χ0) is 9.30. The minimum atomic E-state index is -2.40. The van der Waals surface area contributed by atoms with Crippen molar-refractivity contribution in [1.82, 2.24) is 0 Å². The second-order valence-corrected chi connectivity index (χ2v) is 4.27. The summed E-state index contributed by atoms with van der Waals surface area (Å²) < 4.78 is 21.1. The SMILES string of the molecule is O=S(=O)=C1C(Cl)=CC(Cl)=CC1Cl. The van der Waals surface area contributed by atoms with E-state index in [0.717, 1.165) is 0 Å². The molecule has 0 amide bonds. The zero-order valence-corrected chi connectivity index (χ0v) is 8.67. The van der Waals surface area contributed by atoms with Crippen LogP contribution in [0.5, 0.6) is 0 Å². The van der Waals surface area contributed by atoms with Crippen LogP contribution in [0.15, 0.2) is 22.2 Å². The molecular weight excluding hydrogens is 242 g/mol. The van der Waals surface area contributed by atoms with Gasteiger partial charge in [0.15, 0.2) is 0 Å². The van der Waals surface area contributed by atoms with Gasteiger partial charge in [0, 0.05) is 5.03 Å². The van der Waals surface area contributed by atoms with E-state index in [9.17, 15) is 8.42 Å². The van der Waals surface area contributed by atoms with Crippen LogP contribution in [0.2, 0.25) is 0 Å². The lowest BCUT2D eigenvalue weighted by Gasteiger charge is -2.09. The smallest absolute Gasteiger partial charge is 0.184 e. The van der Waals surface area contributed by atoms with Crippen molar-refractivity contribution >= 4 is 50.0 Å². The van der Waals surface area contributed by atoms with Crippen LogP contribution < -0.4 is 0 Å². The Bertz CT molecular complexity index is 383. The third-order valence-electron chi connectivity index (χ3n) is 1.24. The number of alkyl halides is 1. The summed E-state index contributed by atoms with van der Waals surface area (Å²) in [6.45, 7) is 0. The molecule has 1 rings (SSSR count). The highest BCUT2D eigenvalue weighted by molar-refractivity contribution is 7.74. The molecule has 6 heteroatoms. The molecule has 0 heterocycles. The third-order valence-corrected chi connectivity index (χ3v) is 3.20. The van der Waals surface area contributed by atoms with E-state index in [-0.39, 0.29) is 9.90 Å². The summed E-state index contributed by atoms with van der Waals surface area (Å²) in [5, 5.41) is -0.363. The van der Waals surface area contributed by atoms with Crippen molar-refractivity contribution in [2.24, 2.45) is 0 Å². The Morgan fingerprint density at radius 1 is 1.33 bits per heavy atom. The quantitative estimate of drug-likeness (QED) is 0.482. The average Bonchev–Trinajstić information content (AvgIpc) is 1.82. The van der Waals surface area contributed by atoms with Crippen LogP contribution >= 0.6 is 34.8 Å². The number of hydrogen-bond donors (Lipinski definition) is 0. The second-order valence-electron chi connectivity index (χ2n) is 2.04. The molecule has 0 saturated carbocycles. The summed E-state index contributed by atoms with van der Waals surface area (Å²) in [5.41, 5.74) is 0. The van der Waals surface area contributed by atoms with Gasteiger partial charge in [-0.1, -0.05) is 23.2 Å². The predicted octanol–water partition coefficient (Wildman–Crippen LogP) is 1.90. The summed E-state index contributed by atoms with van der Waals surface area (Å²) in [6, 6.07) is 0. The summed E-state index contributed by atoms with van der Waals surface area (Å²) in [4.78, 5) is -0.0391. The molecule has 0 saturated heterocycles. The first-order valence-corrected chi connectivity index (χ1v) is 5.14. The lowest BCUT2D eigenvalue weighted by atomic mass is 10.2. The summed E-state index contributed by atoms with van der Waals surface area (Å²) in [7, 11) is -2.40. The maximum atomic E-state index is 10.6. The Hall–Kier alpha value is 0.0400. The van der Waals surface area contributed by atoms with E-state index in [1.165, 1.54) is 12.2 Å². The molecule has 1 unspecified atom stereocenters. The van der Waals surface area contributed by atoms with Crippen molar-refractivity contribution < 1.29 is 8.42 Å². The summed E-state index contributed by atoms with van der Waals surface area (Å²) in [6.07, 6.45) is 2.74. The molecule has 0 aromatic heterocycles. The summed E-state index contributed by atoms with van der Waals surface area (Å²) in [5.74, 6) is 0. The molecule has 2 nitrogen and oxygen atoms in total. The first kappa shape index (κ1) is 10.1. The predicted molar refractivity (Wildman–Crippen MR) is 51.4 cm³/mol. The van der Waals surface area contributed by atoms with Gasteiger partial charge in [-0.05, 0) is 12.2 Å². The third kappa shape index (κ3) is 2.04. The lowest BCUT2D eigenvalue weighted by molar-refractivity contribution is 0.627. The van der Waals surface area contributed by atoms with Crippen LogP contribution in [0, 0.1) is 0 Å². The molecular formula is C6H3Cl3O2S. The van der Waals surface area contributed by atoms with E-state index < -0.39 is 15.7 Å². The van der Waals surface area contributed by atoms with Crippen molar-refractivity contribution in [2.45, 2.75) is 5.38 Å². The van der Waals surface area contributed by atoms with Gasteiger partial charge >= 0.3 is 0 Å². The Morgan fingerprint density at radius 3 is 2.33 bits per heavy atom. The second kappa shape index (κ2) is 3.83. The molecule has 0 bridgehead atoms. The van der Waals surface area contributed by atoms with Crippen LogP contribution in [0.25, 0.3) is 0 Å². The Morgan fingerprint density at radius 2 is 1.92 bits per heavy atom. The van der Waals surface area contributed by atoms with Gasteiger partial charge in [0.1, 0.15) is 4.86 Å². The van der Waals surface area contributed by atoms with Crippen LogP contribution in [0.4, 0.5) is 0 Å². The molecule has 1 atom stereocenters. The monoisotopic (exact) mass is 244 g/mol. The summed E-state index contributed by atoms with van der Waals surface area (Å²) >= 11 is 16.8. The highest BCUT2D eigenvalue weighted by Gasteiger charge is 2.20. The van der Waals surface area contributed by atoms with Gasteiger partial charge in [-0.15, -0.1) is 11.6 Å². The largest absolute Gasteiger partial charge is 0.220 e. The van der Waals surface area contributed by atoms with Gasteiger partial charge in [0.2, 0.25) is 10.3 Å². The molecule has 0 aliphatic heterocycles. The van der Waals surface area contributed by atoms with Gasteiger partial charge in [0.25, 0.3) is 0 Å². The van der Waals surface area contributed by atoms with Crippen molar-refractivity contribution in [3.8, 4) is 0 Å². The Kier molecular flexibility index (Phi) is 3.23. The standard InChI is InChI=1S/C6H3Cl3O2S/c7-3-1-4(8)6(12(10)11)5(9)2-3/h1-2,4H. The molecule has 12 heavy (non-hydrogen) atoms. The first-order valence-electron chi connectivity index (χ1n) is 2.87. The molecule has 1 aliphatic rings. The van der Waals surface area contributed by atoms with E-state index in [1.54, 1.807) is 0 Å². The number of hydrogen-bond acceptors (Lipinski definition) is 2. The van der Waals surface area contributed by atoms with Gasteiger partial charge in [-0.2, -0.15) is 8.42 Å². The molecule has 0 N–H and O–H groups in total. The molecule has 1 aliphatic carbocycles. The molecule has 0 spiro atoms. The first-order chi connectivity index (χ1) is 5.52. The van der Waals surface area contributed by atoms with E-state index in [2.05, 4.69) is 0 Å². The molecule has 0 radical (unpaired) electrons. The van der Waals surface area contributed by atoms with Gasteiger partial charge < -0.3 is 0 Å². The van der Waals surface area contributed by atoms with Crippen molar-refractivity contribution in [2.75, 3.05) is 0 Å². The van der Waals surface area contributed by atoms with E-state index in [1.807, 2.05) is 0 Å². The highest BCUT2D eigenvalue weighted by atomic mass is 35.5. The van der Waals surface area contributed by atoms with Crippen molar-refractivity contribution in [3.05, 3.63) is 22.2 Å². The number of rotatable bonds is 0. The lowest BCUT2D eigenvalue weighted by Crippen LogP contribution is -2.16. The normalized spacial score (nSPS) is 23.2. The maximum Gasteiger partial charge on any atom is 0.220 e. The van der Waals surface area contributed by atoms with Crippen LogP contribution in [0.3, 0.4) is 0 Å². The number of halogens is 3. The van der Waals surface area contributed by atoms with Gasteiger partial charge in [-0.3, -0.25) is 0 Å². The van der Waals surface area contributed by atoms with E-state index in [4.69, 9.17) is 34.8 Å². The molecule has 0 aromatic carbocycles. The van der Waals surface area contributed by atoms with Crippen LogP contribution in [0.1, 0.15) is 0 Å². The minimum absolute atomic E-state index is 0.0391. The highest BCUT2D eigenvalue weighted by Crippen LogP contribution is 2.23. The maximum absolute atomic E-state index is 10.6. The van der Waals surface area contributed by atoms with Gasteiger partial charge in [-0.25, -0.2) is 0 Å². The topological polar surface area (TPSA) is 34.1 Å². The molecule has 0 aromatic rings. The Balaban J connectivity index is 3.31. The molecule has 0 fully saturated rings. The van der Waals surface area contributed by atoms with E-state index >= 15 is 0 Å². The zero-order valence-electron chi connectivity index (χ0n) is 5.59. The van der Waals surface area contributed by atoms with Crippen LogP contribution in [-0.2, 0) is 10.3 Å². The minimum Gasteiger partial charge on any atom is -0.184 e. The van der Waals surface area contributed by atoms with Gasteiger partial charge in [0.05, 0.1) is 10.4 Å². The van der Waals surface area contributed by atoms with E-state index in [0.29, 0.717) is 5.03 Å². The van der Waals surface area contributed by atoms with Crippen molar-refractivity contribution in [1.29, 1.82) is 0 Å². The fourth-order valence-corrected chi connectivity index (χ4v) is 2.54. The van der Waals surface area contributed by atoms with Crippen LogP contribution in [-0.4, -0.2) is 18.7 Å². The average molecular weight is 246 g/mol. The van der Waals surface area contributed by atoms with Crippen molar-refractivity contribution in [3.63, 3.8) is 0 Å². The molecule has 66 valence electrons. The fraction of sp³-hybridized carbons (Fsp3) is 0.167. The Labute approximate surface area is 85.9 Å².